The van der Waals surface area contributed by atoms with Gasteiger partial charge in [-0.15, -0.1) is 0 Å². The van der Waals surface area contributed by atoms with E-state index < -0.39 is 5.54 Å². The number of hydrogen-bond acceptors (Lipinski definition) is 2. The number of rotatable bonds is 4. The van der Waals surface area contributed by atoms with Crippen molar-refractivity contribution in [3.05, 3.63) is 29.3 Å². The second-order valence-corrected chi connectivity index (χ2v) is 5.37. The van der Waals surface area contributed by atoms with Gasteiger partial charge in [0.15, 0.2) is 0 Å². The third-order valence-electron chi connectivity index (χ3n) is 3.05. The van der Waals surface area contributed by atoms with Crippen LogP contribution in [0.3, 0.4) is 0 Å². The molecule has 0 aliphatic carbocycles. The number of amides is 1. The van der Waals surface area contributed by atoms with Gasteiger partial charge in [-0.25, -0.2) is 0 Å². The summed E-state index contributed by atoms with van der Waals surface area (Å²) in [6, 6.07) is 6.18. The summed E-state index contributed by atoms with van der Waals surface area (Å²) >= 11 is 0. The molecule has 0 aromatic heterocycles. The van der Waals surface area contributed by atoms with Crippen molar-refractivity contribution in [3.63, 3.8) is 0 Å². The van der Waals surface area contributed by atoms with Gasteiger partial charge >= 0.3 is 0 Å². The molecule has 3 nitrogen and oxygen atoms in total. The molecule has 1 N–H and O–H groups in total. The number of carbonyl (C=O) groups excluding carboxylic acids is 1. The number of likely N-dealkylation sites (N-methyl/N-ethyl adjacent to an activating group) is 2. The molecule has 0 radical (unpaired) electrons. The minimum atomic E-state index is -0.541. The van der Waals surface area contributed by atoms with E-state index in [0.29, 0.717) is 0 Å². The van der Waals surface area contributed by atoms with Crippen molar-refractivity contribution >= 4 is 11.6 Å². The predicted molar refractivity (Wildman–Crippen MR) is 77.1 cm³/mol. The maximum absolute atomic E-state index is 12.4. The maximum atomic E-state index is 12.4. The first-order valence-corrected chi connectivity index (χ1v) is 6.39. The average Bonchev–Trinajstić information content (AvgIpc) is 2.25. The molecule has 0 heterocycles. The van der Waals surface area contributed by atoms with Crippen molar-refractivity contribution in [3.8, 4) is 0 Å². The third kappa shape index (κ3) is 3.33. The number of nitrogens with one attached hydrogen (secondary N) is 1. The van der Waals surface area contributed by atoms with Crippen molar-refractivity contribution in [2.45, 2.75) is 40.2 Å². The van der Waals surface area contributed by atoms with Crippen LogP contribution in [0.1, 0.15) is 31.9 Å². The highest BCUT2D eigenvalue weighted by atomic mass is 16.2. The van der Waals surface area contributed by atoms with Crippen molar-refractivity contribution in [2.75, 3.05) is 18.5 Å². The van der Waals surface area contributed by atoms with Crippen molar-refractivity contribution in [1.29, 1.82) is 0 Å². The van der Waals surface area contributed by atoms with Gasteiger partial charge in [0.2, 0.25) is 5.91 Å². The summed E-state index contributed by atoms with van der Waals surface area (Å²) in [4.78, 5) is 14.2. The normalized spacial score (nSPS) is 11.4. The number of anilines is 1. The van der Waals surface area contributed by atoms with E-state index in [1.807, 2.05) is 53.8 Å². The molecule has 1 aromatic carbocycles. The van der Waals surface area contributed by atoms with Crippen molar-refractivity contribution < 1.29 is 4.79 Å². The zero-order chi connectivity index (χ0) is 13.9. The second kappa shape index (κ2) is 5.53. The van der Waals surface area contributed by atoms with Gasteiger partial charge in [-0.1, -0.05) is 13.0 Å². The van der Waals surface area contributed by atoms with Gasteiger partial charge in [0.1, 0.15) is 0 Å². The molecular weight excluding hydrogens is 224 g/mol. The van der Waals surface area contributed by atoms with E-state index in [0.717, 1.165) is 12.2 Å². The van der Waals surface area contributed by atoms with Crippen LogP contribution in [0.25, 0.3) is 0 Å². The van der Waals surface area contributed by atoms with E-state index >= 15 is 0 Å². The van der Waals surface area contributed by atoms with Crippen LogP contribution < -0.4 is 10.2 Å². The summed E-state index contributed by atoms with van der Waals surface area (Å²) in [6.07, 6.45) is 0. The first kappa shape index (κ1) is 14.7. The number of carbonyl (C=O) groups is 1. The average molecular weight is 248 g/mol. The SMILES string of the molecule is CCNC(C)(C)C(=O)N(C)c1cc(C)cc(C)c1. The van der Waals surface area contributed by atoms with Crippen LogP contribution in [0.5, 0.6) is 0 Å². The molecule has 0 fully saturated rings. The van der Waals surface area contributed by atoms with E-state index in [4.69, 9.17) is 0 Å². The highest BCUT2D eigenvalue weighted by molar-refractivity contribution is 5.99. The Hall–Kier alpha value is -1.35. The number of aryl methyl sites for hydroxylation is 2. The Kier molecular flexibility index (Phi) is 4.52. The summed E-state index contributed by atoms with van der Waals surface area (Å²) in [5.74, 6) is 0.0781. The Bertz CT molecular complexity index is 418. The summed E-state index contributed by atoms with van der Waals surface area (Å²) in [6.45, 7) is 10.7. The smallest absolute Gasteiger partial charge is 0.246 e. The topological polar surface area (TPSA) is 32.3 Å². The minimum Gasteiger partial charge on any atom is -0.314 e. The first-order valence-electron chi connectivity index (χ1n) is 6.39. The molecule has 1 rings (SSSR count). The second-order valence-electron chi connectivity index (χ2n) is 5.37. The Morgan fingerprint density at radius 2 is 1.72 bits per heavy atom. The van der Waals surface area contributed by atoms with Crippen LogP contribution in [0, 0.1) is 13.8 Å². The van der Waals surface area contributed by atoms with Crippen LogP contribution in [-0.2, 0) is 4.79 Å². The Labute approximate surface area is 110 Å². The lowest BCUT2D eigenvalue weighted by molar-refractivity contribution is -0.123. The molecule has 3 heteroatoms. The number of benzene rings is 1. The Balaban J connectivity index is 2.99. The van der Waals surface area contributed by atoms with Crippen molar-refractivity contribution in [1.82, 2.24) is 5.32 Å². The summed E-state index contributed by atoms with van der Waals surface area (Å²) in [7, 11) is 1.83. The molecule has 1 aromatic rings. The van der Waals surface area contributed by atoms with Gasteiger partial charge in [0.25, 0.3) is 0 Å². The number of hydrogen-bond donors (Lipinski definition) is 1. The fourth-order valence-corrected chi connectivity index (χ4v) is 2.20. The van der Waals surface area contributed by atoms with Crippen LogP contribution in [0.4, 0.5) is 5.69 Å². The standard InChI is InChI=1S/C15H24N2O/c1-7-16-15(4,5)14(18)17(6)13-9-11(2)8-12(3)10-13/h8-10,16H,7H2,1-6H3. The quantitative estimate of drug-likeness (QED) is 0.888. The van der Waals surface area contributed by atoms with E-state index in [1.165, 1.54) is 11.1 Å². The molecule has 0 unspecified atom stereocenters. The summed E-state index contributed by atoms with van der Waals surface area (Å²) < 4.78 is 0. The van der Waals surface area contributed by atoms with E-state index in [1.54, 1.807) is 4.90 Å². The molecule has 0 spiro atoms. The molecule has 0 atom stereocenters. The van der Waals surface area contributed by atoms with E-state index in [-0.39, 0.29) is 5.91 Å². The van der Waals surface area contributed by atoms with Gasteiger partial charge in [-0.05, 0) is 57.5 Å². The van der Waals surface area contributed by atoms with E-state index in [9.17, 15) is 4.79 Å². The molecule has 0 aliphatic heterocycles. The third-order valence-corrected chi connectivity index (χ3v) is 3.05. The van der Waals surface area contributed by atoms with E-state index in [2.05, 4.69) is 11.4 Å². The first-order chi connectivity index (χ1) is 8.27. The van der Waals surface area contributed by atoms with Gasteiger partial charge in [-0.3, -0.25) is 4.79 Å². The fraction of sp³-hybridized carbons (Fsp3) is 0.533. The molecular formula is C15H24N2O. The van der Waals surface area contributed by atoms with Gasteiger partial charge in [0, 0.05) is 12.7 Å². The highest BCUT2D eigenvalue weighted by Crippen LogP contribution is 2.20. The molecule has 1 amide bonds. The molecule has 0 bridgehead atoms. The van der Waals surface area contributed by atoms with Crippen LogP contribution in [0.2, 0.25) is 0 Å². The lowest BCUT2D eigenvalue weighted by Crippen LogP contribution is -2.53. The summed E-state index contributed by atoms with van der Waals surface area (Å²) in [5.41, 5.74) is 2.75. The summed E-state index contributed by atoms with van der Waals surface area (Å²) in [5, 5.41) is 3.21. The van der Waals surface area contributed by atoms with Crippen LogP contribution in [-0.4, -0.2) is 25.0 Å². The zero-order valence-electron chi connectivity index (χ0n) is 12.3. The monoisotopic (exact) mass is 248 g/mol. The molecule has 0 saturated heterocycles. The van der Waals surface area contributed by atoms with Gasteiger partial charge in [0.05, 0.1) is 5.54 Å². The fourth-order valence-electron chi connectivity index (χ4n) is 2.20. The molecule has 0 aliphatic rings. The Morgan fingerprint density at radius 3 is 2.17 bits per heavy atom. The lowest BCUT2D eigenvalue weighted by atomic mass is 10.0. The van der Waals surface area contributed by atoms with Crippen LogP contribution >= 0.6 is 0 Å². The van der Waals surface area contributed by atoms with Crippen molar-refractivity contribution in [2.24, 2.45) is 0 Å². The predicted octanol–water partition coefficient (Wildman–Crippen LogP) is 2.65. The zero-order valence-corrected chi connectivity index (χ0v) is 12.3. The lowest BCUT2D eigenvalue weighted by Gasteiger charge is -2.30. The molecule has 0 saturated carbocycles. The molecule has 18 heavy (non-hydrogen) atoms. The highest BCUT2D eigenvalue weighted by Gasteiger charge is 2.29. The Morgan fingerprint density at radius 1 is 1.22 bits per heavy atom. The minimum absolute atomic E-state index is 0.0781. The maximum Gasteiger partial charge on any atom is 0.246 e. The van der Waals surface area contributed by atoms with Crippen LogP contribution in [0.15, 0.2) is 18.2 Å². The van der Waals surface area contributed by atoms with Gasteiger partial charge in [-0.2, -0.15) is 0 Å². The van der Waals surface area contributed by atoms with Gasteiger partial charge < -0.3 is 10.2 Å². The number of nitrogens with zero attached hydrogens (tertiary/aromatic N) is 1. The largest absolute Gasteiger partial charge is 0.314 e. The molecule has 100 valence electrons.